The maximum atomic E-state index is 11.6. The number of aliphatic hydroxyl groups excluding tert-OH is 1. The van der Waals surface area contributed by atoms with E-state index in [1.807, 2.05) is 0 Å². The van der Waals surface area contributed by atoms with Crippen molar-refractivity contribution in [1.82, 2.24) is 0 Å². The summed E-state index contributed by atoms with van der Waals surface area (Å²) in [4.78, 5) is 0. The van der Waals surface area contributed by atoms with Gasteiger partial charge in [0, 0.05) is 0 Å². The Bertz CT molecular complexity index is 497. The van der Waals surface area contributed by atoms with Crippen molar-refractivity contribution in [1.29, 1.82) is 0 Å². The first-order chi connectivity index (χ1) is 8.49. The molecule has 1 aliphatic rings. The van der Waals surface area contributed by atoms with Crippen molar-refractivity contribution in [3.8, 4) is 0 Å². The zero-order valence-corrected chi connectivity index (χ0v) is 12.1. The molecule has 0 amide bonds. The van der Waals surface area contributed by atoms with Gasteiger partial charge in [-0.2, -0.15) is 0 Å². The molecule has 1 heterocycles. The predicted molar refractivity (Wildman–Crippen MR) is 71.8 cm³/mol. The molecule has 0 radical (unpaired) electrons. The van der Waals surface area contributed by atoms with Crippen LogP contribution in [0.25, 0.3) is 0 Å². The van der Waals surface area contributed by atoms with Gasteiger partial charge in [-0.05, 0) is 0 Å². The summed E-state index contributed by atoms with van der Waals surface area (Å²) >= 11 is 0. The Morgan fingerprint density at radius 2 is 1.78 bits per heavy atom. The van der Waals surface area contributed by atoms with Crippen molar-refractivity contribution in [2.45, 2.75) is 0 Å². The second kappa shape index (κ2) is 5.47. The Labute approximate surface area is 107 Å². The Balaban J connectivity index is 2.39. The minimum atomic E-state index is -4.45. The fourth-order valence-electron chi connectivity index (χ4n) is 1.62. The third-order valence-corrected chi connectivity index (χ3v) is 10.6. The summed E-state index contributed by atoms with van der Waals surface area (Å²) in [5.41, 5.74) is 0. The molecule has 1 saturated heterocycles. The van der Waals surface area contributed by atoms with Gasteiger partial charge in [0.2, 0.25) is 0 Å². The molecule has 0 spiro atoms. The van der Waals surface area contributed by atoms with Crippen LogP contribution in [0.2, 0.25) is 0 Å². The van der Waals surface area contributed by atoms with Crippen LogP contribution in [0.3, 0.4) is 0 Å². The van der Waals surface area contributed by atoms with Crippen molar-refractivity contribution < 1.29 is 27.1 Å². The van der Waals surface area contributed by atoms with Crippen molar-refractivity contribution in [2.24, 2.45) is 0 Å². The summed E-state index contributed by atoms with van der Waals surface area (Å²) in [5, 5.41) is 9.35. The third kappa shape index (κ3) is 2.58. The average Bonchev–Trinajstić information content (AvgIpc) is 2.38. The van der Waals surface area contributed by atoms with E-state index in [0.717, 1.165) is 0 Å². The van der Waals surface area contributed by atoms with E-state index in [1.54, 1.807) is 30.3 Å². The molecule has 1 aliphatic heterocycles. The van der Waals surface area contributed by atoms with E-state index >= 15 is 0 Å². The van der Waals surface area contributed by atoms with Crippen LogP contribution in [0.5, 0.6) is 0 Å². The number of rotatable bonds is 3. The van der Waals surface area contributed by atoms with E-state index in [1.165, 1.54) is 0 Å². The predicted octanol–water partition coefficient (Wildman–Crippen LogP) is 1.09. The topological polar surface area (TPSA) is 93.1 Å². The van der Waals surface area contributed by atoms with Crippen molar-refractivity contribution in [3.05, 3.63) is 30.3 Å². The fourth-order valence-corrected chi connectivity index (χ4v) is 9.44. The van der Waals surface area contributed by atoms with Gasteiger partial charge >= 0.3 is 106 Å². The Morgan fingerprint density at radius 1 is 1.22 bits per heavy atom. The standard InChI is InChI=1S/C9H14O6P2S/c10-6-16-7-14-17(15-8-16,18(11,12)13)9-4-2-1-3-5-9/h1-5,10,17H,6-8H2,(H,11,12,13). The summed E-state index contributed by atoms with van der Waals surface area (Å²) < 4.78 is 43.4. The van der Waals surface area contributed by atoms with Crippen molar-refractivity contribution in [3.63, 3.8) is 0 Å². The normalized spacial score (nSPS) is 25.6. The van der Waals surface area contributed by atoms with Crippen molar-refractivity contribution in [2.75, 3.05) is 19.0 Å². The molecule has 9 heteroatoms. The second-order valence-electron chi connectivity index (χ2n) is 3.76. The molecule has 0 atom stereocenters. The summed E-state index contributed by atoms with van der Waals surface area (Å²) in [6, 6.07) is 8.18. The van der Waals surface area contributed by atoms with Crippen molar-refractivity contribution >= 4 is 29.9 Å². The fraction of sp³-hybridized carbons (Fsp3) is 0.333. The average molecular weight is 312 g/mol. The number of aliphatic hydroxyl groups is 1. The zero-order chi connectivity index (χ0) is 13.2. The van der Waals surface area contributed by atoms with Crippen LogP contribution in [0.15, 0.2) is 30.3 Å². The van der Waals surface area contributed by atoms with E-state index in [-0.39, 0.29) is 19.0 Å². The minimum absolute atomic E-state index is 0.0833. The molecule has 6 nitrogen and oxygen atoms in total. The van der Waals surface area contributed by atoms with Gasteiger partial charge in [0.25, 0.3) is 0 Å². The summed E-state index contributed by atoms with van der Waals surface area (Å²) in [6.07, 6.45) is 0.152. The summed E-state index contributed by atoms with van der Waals surface area (Å²) in [6.45, 7) is -3.89. The van der Waals surface area contributed by atoms with Crippen LogP contribution >= 0.6 is 14.8 Å². The summed E-state index contributed by atoms with van der Waals surface area (Å²) in [7, 11) is -5.34. The van der Waals surface area contributed by atoms with Crippen LogP contribution < -0.4 is 5.30 Å². The molecule has 0 aliphatic carbocycles. The molecule has 2 N–H and O–H groups in total. The molecule has 0 aromatic heterocycles. The second-order valence-corrected chi connectivity index (χ2v) is 12.3. The molecular weight excluding hydrogens is 298 g/mol. The van der Waals surface area contributed by atoms with Gasteiger partial charge in [0.05, 0.1) is 0 Å². The van der Waals surface area contributed by atoms with E-state index < -0.39 is 24.6 Å². The number of benzene rings is 1. The zero-order valence-electron chi connectivity index (χ0n) is 9.39. The first-order valence-electron chi connectivity index (χ1n) is 5.13. The Morgan fingerprint density at radius 3 is 2.22 bits per heavy atom. The van der Waals surface area contributed by atoms with Gasteiger partial charge in [-0.25, -0.2) is 0 Å². The first kappa shape index (κ1) is 14.3. The van der Waals surface area contributed by atoms with Gasteiger partial charge in [0.1, 0.15) is 0 Å². The molecule has 18 heavy (non-hydrogen) atoms. The molecule has 102 valence electrons. The van der Waals surface area contributed by atoms with E-state index in [0.29, 0.717) is 5.30 Å². The van der Waals surface area contributed by atoms with Crippen LogP contribution in [0.1, 0.15) is 0 Å². The summed E-state index contributed by atoms with van der Waals surface area (Å²) in [5.74, 6) is 0. The number of hydrogen-bond acceptors (Lipinski definition) is 5. The van der Waals surface area contributed by atoms with Crippen LogP contribution in [-0.2, 0) is 18.8 Å². The number of hydrogen-bond donors (Lipinski definition) is 2. The SMILES string of the molecule is O=S(=O)(O)[PH]1(c2ccccc2)OCP(CO)CO1. The quantitative estimate of drug-likeness (QED) is 0.641. The molecule has 1 aromatic carbocycles. The Hall–Kier alpha value is -0.130. The van der Waals surface area contributed by atoms with Crippen LogP contribution in [-0.4, -0.2) is 37.1 Å². The molecule has 1 fully saturated rings. The van der Waals surface area contributed by atoms with Crippen LogP contribution in [0, 0.1) is 0 Å². The molecule has 1 aromatic rings. The third-order valence-electron chi connectivity index (χ3n) is 2.54. The molecule has 0 bridgehead atoms. The molecule has 0 unspecified atom stereocenters. The van der Waals surface area contributed by atoms with Gasteiger partial charge in [-0.1, -0.05) is 0 Å². The molecule has 2 rings (SSSR count). The maximum absolute atomic E-state index is 11.6. The van der Waals surface area contributed by atoms with E-state index in [9.17, 15) is 13.0 Å². The van der Waals surface area contributed by atoms with Gasteiger partial charge in [-0.3, -0.25) is 0 Å². The van der Waals surface area contributed by atoms with Gasteiger partial charge in [-0.15, -0.1) is 0 Å². The first-order valence-corrected chi connectivity index (χ1v) is 11.0. The molecular formula is C9H14O6P2S. The Kier molecular flexibility index (Phi) is 4.34. The van der Waals surface area contributed by atoms with Crippen LogP contribution in [0.4, 0.5) is 0 Å². The molecule has 0 saturated carbocycles. The van der Waals surface area contributed by atoms with Gasteiger partial charge < -0.3 is 0 Å². The van der Waals surface area contributed by atoms with E-state index in [2.05, 4.69) is 0 Å². The van der Waals surface area contributed by atoms with E-state index in [4.69, 9.17) is 14.2 Å². The van der Waals surface area contributed by atoms with Gasteiger partial charge in [0.15, 0.2) is 0 Å². The monoisotopic (exact) mass is 312 g/mol.